The highest BCUT2D eigenvalue weighted by Gasteiger charge is 2.36. The molecule has 2 heterocycles. The van der Waals surface area contributed by atoms with Gasteiger partial charge in [0.05, 0.1) is 16.2 Å². The number of alkyl halides is 3. The number of aliphatic hydroxyl groups is 1. The van der Waals surface area contributed by atoms with Crippen LogP contribution in [0.1, 0.15) is 46.9 Å². The van der Waals surface area contributed by atoms with Crippen LogP contribution in [0.2, 0.25) is 0 Å². The Hall–Kier alpha value is -1.93. The number of nitrogens with zero attached hydrogens (tertiary/aromatic N) is 2. The third-order valence-electron chi connectivity index (χ3n) is 4.86. The van der Waals surface area contributed by atoms with E-state index in [0.29, 0.717) is 29.4 Å². The molecule has 1 aromatic heterocycles. The number of halogens is 3. The first-order chi connectivity index (χ1) is 12.5. The molecule has 1 aliphatic rings. The molecule has 1 aromatic carbocycles. The van der Waals surface area contributed by atoms with Gasteiger partial charge < -0.3 is 10.0 Å². The van der Waals surface area contributed by atoms with Crippen molar-refractivity contribution in [3.05, 3.63) is 51.5 Å². The lowest BCUT2D eigenvalue weighted by atomic mass is 9.90. The molecule has 1 amide bonds. The van der Waals surface area contributed by atoms with E-state index in [1.807, 2.05) is 0 Å². The molecule has 1 aliphatic heterocycles. The van der Waals surface area contributed by atoms with Gasteiger partial charge in [0, 0.05) is 30.8 Å². The number of carbonyl (C=O) groups is 1. The summed E-state index contributed by atoms with van der Waals surface area (Å²) in [6.45, 7) is 4.51. The normalized spacial score (nSPS) is 18.1. The number of thiazole rings is 1. The maximum absolute atomic E-state index is 12.8. The fourth-order valence-electron chi connectivity index (χ4n) is 3.21. The molecule has 1 fully saturated rings. The van der Waals surface area contributed by atoms with Gasteiger partial charge in [-0.3, -0.25) is 4.79 Å². The van der Waals surface area contributed by atoms with E-state index in [0.717, 1.165) is 18.6 Å². The zero-order valence-corrected chi connectivity index (χ0v) is 15.9. The van der Waals surface area contributed by atoms with Crippen LogP contribution in [-0.4, -0.2) is 39.6 Å². The van der Waals surface area contributed by atoms with E-state index in [1.165, 1.54) is 17.4 Å². The average Bonchev–Trinajstić information content (AvgIpc) is 3.23. The summed E-state index contributed by atoms with van der Waals surface area (Å²) in [5, 5.41) is 12.3. The minimum atomic E-state index is -4.38. The predicted octanol–water partition coefficient (Wildman–Crippen LogP) is 3.99. The SMILES string of the molecule is CC(C)(O)C1CCN(C(=O)c2csc(Cc3cccc(C(F)(F)F)c3)n2)C1. The Kier molecular flexibility index (Phi) is 5.31. The van der Waals surface area contributed by atoms with Crippen molar-refractivity contribution >= 4 is 17.2 Å². The molecule has 0 saturated carbocycles. The van der Waals surface area contributed by atoms with Gasteiger partial charge in [-0.2, -0.15) is 13.2 Å². The lowest BCUT2D eigenvalue weighted by Gasteiger charge is -2.25. The summed E-state index contributed by atoms with van der Waals surface area (Å²) in [5.41, 5.74) is -0.728. The summed E-state index contributed by atoms with van der Waals surface area (Å²) in [6, 6.07) is 5.13. The van der Waals surface area contributed by atoms with Crippen molar-refractivity contribution in [3.8, 4) is 0 Å². The molecule has 1 unspecified atom stereocenters. The van der Waals surface area contributed by atoms with Gasteiger partial charge in [-0.1, -0.05) is 18.2 Å². The van der Waals surface area contributed by atoms with Crippen molar-refractivity contribution in [2.24, 2.45) is 5.92 Å². The van der Waals surface area contributed by atoms with Crippen LogP contribution >= 0.6 is 11.3 Å². The van der Waals surface area contributed by atoms with Crippen LogP contribution in [0.4, 0.5) is 13.2 Å². The largest absolute Gasteiger partial charge is 0.416 e. The molecule has 1 saturated heterocycles. The van der Waals surface area contributed by atoms with Crippen molar-refractivity contribution in [2.45, 2.75) is 38.5 Å². The summed E-state index contributed by atoms with van der Waals surface area (Å²) >= 11 is 1.26. The van der Waals surface area contributed by atoms with Gasteiger partial charge in [0.2, 0.25) is 0 Å². The molecular weight excluding hydrogens is 377 g/mol. The van der Waals surface area contributed by atoms with E-state index < -0.39 is 17.3 Å². The Morgan fingerprint density at radius 3 is 2.74 bits per heavy atom. The monoisotopic (exact) mass is 398 g/mol. The third-order valence-corrected chi connectivity index (χ3v) is 5.70. The Morgan fingerprint density at radius 2 is 2.11 bits per heavy atom. The average molecular weight is 398 g/mol. The smallest absolute Gasteiger partial charge is 0.390 e. The highest BCUT2D eigenvalue weighted by Crippen LogP contribution is 2.31. The first-order valence-corrected chi connectivity index (χ1v) is 9.54. The third kappa shape index (κ3) is 4.68. The molecule has 0 spiro atoms. The van der Waals surface area contributed by atoms with E-state index >= 15 is 0 Å². The van der Waals surface area contributed by atoms with Crippen LogP contribution < -0.4 is 0 Å². The van der Waals surface area contributed by atoms with Gasteiger partial charge in [-0.05, 0) is 31.9 Å². The van der Waals surface area contributed by atoms with Gasteiger partial charge >= 0.3 is 6.18 Å². The van der Waals surface area contributed by atoms with Crippen molar-refractivity contribution in [2.75, 3.05) is 13.1 Å². The number of likely N-dealkylation sites (tertiary alicyclic amines) is 1. The minimum Gasteiger partial charge on any atom is -0.390 e. The summed E-state index contributed by atoms with van der Waals surface area (Å²) in [6.07, 6.45) is -3.41. The number of benzene rings is 1. The summed E-state index contributed by atoms with van der Waals surface area (Å²) in [4.78, 5) is 18.6. The molecule has 146 valence electrons. The lowest BCUT2D eigenvalue weighted by molar-refractivity contribution is -0.137. The number of rotatable bonds is 4. The highest BCUT2D eigenvalue weighted by atomic mass is 32.1. The first-order valence-electron chi connectivity index (χ1n) is 8.66. The maximum Gasteiger partial charge on any atom is 0.416 e. The van der Waals surface area contributed by atoms with Crippen molar-refractivity contribution in [1.82, 2.24) is 9.88 Å². The molecule has 1 N–H and O–H groups in total. The van der Waals surface area contributed by atoms with Crippen molar-refractivity contribution in [1.29, 1.82) is 0 Å². The number of aromatic nitrogens is 1. The highest BCUT2D eigenvalue weighted by molar-refractivity contribution is 7.09. The topological polar surface area (TPSA) is 53.4 Å². The molecule has 27 heavy (non-hydrogen) atoms. The molecule has 0 bridgehead atoms. The van der Waals surface area contributed by atoms with E-state index in [1.54, 1.807) is 30.2 Å². The maximum atomic E-state index is 12.8. The summed E-state index contributed by atoms with van der Waals surface area (Å²) in [7, 11) is 0. The van der Waals surface area contributed by atoms with E-state index in [4.69, 9.17) is 0 Å². The fourth-order valence-corrected chi connectivity index (χ4v) is 4.01. The second kappa shape index (κ2) is 7.24. The van der Waals surface area contributed by atoms with Crippen LogP contribution in [0.3, 0.4) is 0 Å². The Balaban J connectivity index is 1.68. The zero-order valence-electron chi connectivity index (χ0n) is 15.1. The second-order valence-electron chi connectivity index (χ2n) is 7.39. The fraction of sp³-hybridized carbons (Fsp3) is 0.474. The molecule has 3 rings (SSSR count). The van der Waals surface area contributed by atoms with Gasteiger partial charge in [-0.25, -0.2) is 4.98 Å². The number of hydrogen-bond donors (Lipinski definition) is 1. The number of hydrogen-bond acceptors (Lipinski definition) is 4. The van der Waals surface area contributed by atoms with E-state index in [9.17, 15) is 23.1 Å². The summed E-state index contributed by atoms with van der Waals surface area (Å²) in [5.74, 6) is -0.182. The van der Waals surface area contributed by atoms with Crippen LogP contribution in [0.5, 0.6) is 0 Å². The Bertz CT molecular complexity index is 827. The summed E-state index contributed by atoms with van der Waals surface area (Å²) < 4.78 is 38.5. The standard InChI is InChI=1S/C19H21F3N2O2S/c1-18(2,26)14-6-7-24(10-14)17(25)15-11-27-16(23-15)9-12-4-3-5-13(8-12)19(20,21)22/h3-5,8,11,14,26H,6-7,9-10H2,1-2H3. The molecule has 0 aliphatic carbocycles. The van der Waals surface area contributed by atoms with Gasteiger partial charge in [-0.15, -0.1) is 11.3 Å². The van der Waals surface area contributed by atoms with E-state index in [2.05, 4.69) is 4.98 Å². The van der Waals surface area contributed by atoms with Gasteiger partial charge in [0.1, 0.15) is 5.69 Å². The quantitative estimate of drug-likeness (QED) is 0.848. The Labute approximate surface area is 159 Å². The van der Waals surface area contributed by atoms with Gasteiger partial charge in [0.15, 0.2) is 0 Å². The number of carbonyl (C=O) groups excluding carboxylic acids is 1. The van der Waals surface area contributed by atoms with Crippen LogP contribution in [0.15, 0.2) is 29.6 Å². The minimum absolute atomic E-state index is 0.0182. The van der Waals surface area contributed by atoms with Crippen LogP contribution in [0.25, 0.3) is 0 Å². The zero-order chi connectivity index (χ0) is 19.8. The molecular formula is C19H21F3N2O2S. The molecule has 2 aromatic rings. The van der Waals surface area contributed by atoms with Crippen molar-refractivity contribution in [3.63, 3.8) is 0 Å². The molecule has 0 radical (unpaired) electrons. The van der Waals surface area contributed by atoms with Crippen LogP contribution in [0, 0.1) is 5.92 Å². The number of amides is 1. The predicted molar refractivity (Wildman–Crippen MR) is 96.7 cm³/mol. The molecule has 8 heteroatoms. The molecule has 1 atom stereocenters. The lowest BCUT2D eigenvalue weighted by Crippen LogP contribution is -2.35. The second-order valence-corrected chi connectivity index (χ2v) is 8.33. The first kappa shape index (κ1) is 19.8. The van der Waals surface area contributed by atoms with Crippen molar-refractivity contribution < 1.29 is 23.1 Å². The Morgan fingerprint density at radius 1 is 1.37 bits per heavy atom. The molecule has 4 nitrogen and oxygen atoms in total. The van der Waals surface area contributed by atoms with Crippen LogP contribution in [-0.2, 0) is 12.6 Å². The van der Waals surface area contributed by atoms with Gasteiger partial charge in [0.25, 0.3) is 5.91 Å². The van der Waals surface area contributed by atoms with E-state index in [-0.39, 0.29) is 18.2 Å².